The lowest BCUT2D eigenvalue weighted by atomic mass is 10.1. The van der Waals surface area contributed by atoms with Crippen LogP contribution in [0.25, 0.3) is 5.65 Å². The maximum atomic E-state index is 4.35. The standard InChI is InChI=1S/C11H16N6/c1-8-15-16-11-10(13-5-6-17(8)11)14-9-3-2-4-12-7-9/h5-6,9,12H,2-4,7H2,1H3,(H,13,14). The summed E-state index contributed by atoms with van der Waals surface area (Å²) >= 11 is 0. The van der Waals surface area contributed by atoms with E-state index in [0.717, 1.165) is 30.4 Å². The zero-order valence-corrected chi connectivity index (χ0v) is 9.85. The van der Waals surface area contributed by atoms with E-state index in [0.29, 0.717) is 6.04 Å². The number of anilines is 1. The van der Waals surface area contributed by atoms with Crippen molar-refractivity contribution in [2.24, 2.45) is 0 Å². The first-order chi connectivity index (χ1) is 8.34. The number of aryl methyl sites for hydroxylation is 1. The Morgan fingerprint density at radius 1 is 1.47 bits per heavy atom. The van der Waals surface area contributed by atoms with E-state index in [4.69, 9.17) is 0 Å². The predicted octanol–water partition coefficient (Wildman–Crippen LogP) is 0.597. The summed E-state index contributed by atoms with van der Waals surface area (Å²) < 4.78 is 1.95. The first kappa shape index (κ1) is 10.5. The van der Waals surface area contributed by atoms with Crippen molar-refractivity contribution in [3.63, 3.8) is 0 Å². The van der Waals surface area contributed by atoms with Gasteiger partial charge in [-0.2, -0.15) is 0 Å². The quantitative estimate of drug-likeness (QED) is 0.793. The van der Waals surface area contributed by atoms with Crippen LogP contribution in [0.3, 0.4) is 0 Å². The molecular weight excluding hydrogens is 216 g/mol. The van der Waals surface area contributed by atoms with Crippen LogP contribution in [0, 0.1) is 6.92 Å². The van der Waals surface area contributed by atoms with Crippen molar-refractivity contribution >= 4 is 11.5 Å². The molecule has 1 saturated heterocycles. The van der Waals surface area contributed by atoms with Crippen LogP contribution in [0.4, 0.5) is 5.82 Å². The average Bonchev–Trinajstić information content (AvgIpc) is 2.74. The zero-order chi connectivity index (χ0) is 11.7. The number of rotatable bonds is 2. The van der Waals surface area contributed by atoms with Gasteiger partial charge in [-0.3, -0.25) is 4.40 Å². The molecule has 0 radical (unpaired) electrons. The highest BCUT2D eigenvalue weighted by molar-refractivity contribution is 5.62. The number of nitrogens with one attached hydrogen (secondary N) is 2. The monoisotopic (exact) mass is 232 g/mol. The van der Waals surface area contributed by atoms with Gasteiger partial charge in [0.2, 0.25) is 5.65 Å². The van der Waals surface area contributed by atoms with E-state index in [1.807, 2.05) is 17.5 Å². The molecule has 0 saturated carbocycles. The first-order valence-electron chi connectivity index (χ1n) is 5.98. The molecule has 0 spiro atoms. The SMILES string of the molecule is Cc1nnc2c(NC3CCCNC3)nccn12. The molecule has 1 aliphatic heterocycles. The van der Waals surface area contributed by atoms with E-state index in [-0.39, 0.29) is 0 Å². The van der Waals surface area contributed by atoms with Gasteiger partial charge >= 0.3 is 0 Å². The van der Waals surface area contributed by atoms with Gasteiger partial charge in [0.1, 0.15) is 5.82 Å². The van der Waals surface area contributed by atoms with Gasteiger partial charge in [0.15, 0.2) is 5.82 Å². The van der Waals surface area contributed by atoms with Crippen molar-refractivity contribution in [1.82, 2.24) is 24.9 Å². The molecule has 1 fully saturated rings. The molecule has 1 aliphatic rings. The molecule has 2 N–H and O–H groups in total. The molecule has 1 atom stereocenters. The Hall–Kier alpha value is -1.69. The molecule has 2 aromatic rings. The third-order valence-electron chi connectivity index (χ3n) is 3.14. The zero-order valence-electron chi connectivity index (χ0n) is 9.85. The summed E-state index contributed by atoms with van der Waals surface area (Å²) in [7, 11) is 0. The van der Waals surface area contributed by atoms with Gasteiger partial charge in [0, 0.05) is 25.0 Å². The van der Waals surface area contributed by atoms with Gasteiger partial charge in [-0.1, -0.05) is 0 Å². The minimum atomic E-state index is 0.430. The molecule has 17 heavy (non-hydrogen) atoms. The van der Waals surface area contributed by atoms with Crippen LogP contribution in [0.5, 0.6) is 0 Å². The molecular formula is C11H16N6. The normalized spacial score (nSPS) is 20.6. The molecule has 0 amide bonds. The minimum absolute atomic E-state index is 0.430. The van der Waals surface area contributed by atoms with Gasteiger partial charge in [-0.25, -0.2) is 4.98 Å². The van der Waals surface area contributed by atoms with Crippen LogP contribution >= 0.6 is 0 Å². The van der Waals surface area contributed by atoms with Crippen molar-refractivity contribution < 1.29 is 0 Å². The molecule has 0 aliphatic carbocycles. The summed E-state index contributed by atoms with van der Waals surface area (Å²) in [6.07, 6.45) is 6.03. The Balaban J connectivity index is 1.89. The van der Waals surface area contributed by atoms with Crippen molar-refractivity contribution in [2.75, 3.05) is 18.4 Å². The van der Waals surface area contributed by atoms with Crippen LogP contribution in [-0.4, -0.2) is 38.7 Å². The summed E-state index contributed by atoms with van der Waals surface area (Å²) in [5, 5.41) is 15.0. The molecule has 0 aromatic carbocycles. The highest BCUT2D eigenvalue weighted by Gasteiger charge is 2.15. The van der Waals surface area contributed by atoms with Crippen molar-refractivity contribution in [3.8, 4) is 0 Å². The Bertz CT molecular complexity index is 514. The van der Waals surface area contributed by atoms with E-state index in [1.165, 1.54) is 12.8 Å². The van der Waals surface area contributed by atoms with E-state index < -0.39 is 0 Å². The molecule has 6 nitrogen and oxygen atoms in total. The molecule has 3 rings (SSSR count). The molecule has 0 bridgehead atoms. The molecule has 2 aromatic heterocycles. The predicted molar refractivity (Wildman–Crippen MR) is 65.0 cm³/mol. The van der Waals surface area contributed by atoms with E-state index in [9.17, 15) is 0 Å². The van der Waals surface area contributed by atoms with E-state index in [1.54, 1.807) is 6.20 Å². The van der Waals surface area contributed by atoms with Crippen LogP contribution < -0.4 is 10.6 Å². The topological polar surface area (TPSA) is 67.1 Å². The minimum Gasteiger partial charge on any atom is -0.363 e. The highest BCUT2D eigenvalue weighted by atomic mass is 15.3. The van der Waals surface area contributed by atoms with E-state index >= 15 is 0 Å². The fraction of sp³-hybridized carbons (Fsp3) is 0.545. The second-order valence-electron chi connectivity index (χ2n) is 4.40. The third-order valence-corrected chi connectivity index (χ3v) is 3.14. The summed E-state index contributed by atoms with van der Waals surface area (Å²) in [6.45, 7) is 4.03. The van der Waals surface area contributed by atoms with Gasteiger partial charge in [0.25, 0.3) is 0 Å². The van der Waals surface area contributed by atoms with Crippen molar-refractivity contribution in [3.05, 3.63) is 18.2 Å². The summed E-state index contributed by atoms with van der Waals surface area (Å²) in [5.41, 5.74) is 0.801. The molecule has 6 heteroatoms. The van der Waals surface area contributed by atoms with Crippen molar-refractivity contribution in [2.45, 2.75) is 25.8 Å². The lowest BCUT2D eigenvalue weighted by Crippen LogP contribution is -2.38. The van der Waals surface area contributed by atoms with Crippen LogP contribution in [-0.2, 0) is 0 Å². The van der Waals surface area contributed by atoms with Gasteiger partial charge in [-0.05, 0) is 26.3 Å². The number of hydrogen-bond donors (Lipinski definition) is 2. The maximum Gasteiger partial charge on any atom is 0.203 e. The molecule has 3 heterocycles. The van der Waals surface area contributed by atoms with Gasteiger partial charge < -0.3 is 10.6 Å². The van der Waals surface area contributed by atoms with Crippen LogP contribution in [0.15, 0.2) is 12.4 Å². The Kier molecular flexibility index (Phi) is 2.64. The summed E-state index contributed by atoms with van der Waals surface area (Å²) in [5.74, 6) is 1.70. The first-order valence-corrected chi connectivity index (χ1v) is 5.98. The fourth-order valence-corrected chi connectivity index (χ4v) is 2.21. The van der Waals surface area contributed by atoms with Crippen LogP contribution in [0.1, 0.15) is 18.7 Å². The number of nitrogens with zero attached hydrogens (tertiary/aromatic N) is 4. The number of piperidine rings is 1. The van der Waals surface area contributed by atoms with Crippen LogP contribution in [0.2, 0.25) is 0 Å². The second kappa shape index (κ2) is 4.29. The summed E-state index contributed by atoms with van der Waals surface area (Å²) in [4.78, 5) is 4.35. The lowest BCUT2D eigenvalue weighted by Gasteiger charge is -2.24. The Morgan fingerprint density at radius 2 is 2.41 bits per heavy atom. The largest absolute Gasteiger partial charge is 0.363 e. The number of aromatic nitrogens is 4. The maximum absolute atomic E-state index is 4.35. The lowest BCUT2D eigenvalue weighted by molar-refractivity contribution is 0.479. The fourth-order valence-electron chi connectivity index (χ4n) is 2.21. The smallest absolute Gasteiger partial charge is 0.203 e. The Labute approximate surface area is 99.5 Å². The number of fused-ring (bicyclic) bond motifs is 1. The second-order valence-corrected chi connectivity index (χ2v) is 4.40. The molecule has 1 unspecified atom stereocenters. The third kappa shape index (κ3) is 1.95. The van der Waals surface area contributed by atoms with Gasteiger partial charge in [-0.15, -0.1) is 10.2 Å². The van der Waals surface area contributed by atoms with Crippen molar-refractivity contribution in [1.29, 1.82) is 0 Å². The average molecular weight is 232 g/mol. The van der Waals surface area contributed by atoms with Gasteiger partial charge in [0.05, 0.1) is 0 Å². The summed E-state index contributed by atoms with van der Waals surface area (Å²) in [6, 6.07) is 0.430. The van der Waals surface area contributed by atoms with E-state index in [2.05, 4.69) is 25.8 Å². The highest BCUT2D eigenvalue weighted by Crippen LogP contribution is 2.15. The molecule has 90 valence electrons. The number of hydrogen-bond acceptors (Lipinski definition) is 5. The Morgan fingerprint density at radius 3 is 3.24 bits per heavy atom.